The zero-order valence-corrected chi connectivity index (χ0v) is 20.7. The lowest BCUT2D eigenvalue weighted by Gasteiger charge is -2.10. The Morgan fingerprint density at radius 2 is 1.77 bits per heavy atom. The first-order valence-electron chi connectivity index (χ1n) is 10.3. The molecule has 0 bridgehead atoms. The van der Waals surface area contributed by atoms with E-state index in [1.165, 1.54) is 35.2 Å². The average molecular weight is 524 g/mol. The van der Waals surface area contributed by atoms with Crippen LogP contribution in [0.25, 0.3) is 15.9 Å². The second-order valence-electron chi connectivity index (χ2n) is 7.63. The van der Waals surface area contributed by atoms with Gasteiger partial charge in [-0.25, -0.2) is 13.4 Å². The lowest BCUT2D eigenvalue weighted by molar-refractivity contribution is -0.384. The van der Waals surface area contributed by atoms with Crippen molar-refractivity contribution in [1.29, 1.82) is 0 Å². The van der Waals surface area contributed by atoms with E-state index in [4.69, 9.17) is 0 Å². The van der Waals surface area contributed by atoms with E-state index in [0.717, 1.165) is 5.56 Å². The fourth-order valence-electron chi connectivity index (χ4n) is 3.42. The molecule has 0 aliphatic heterocycles. The maximum absolute atomic E-state index is 13.1. The zero-order valence-electron chi connectivity index (χ0n) is 18.2. The quantitative estimate of drug-likeness (QED) is 0.210. The molecule has 2 aromatic heterocycles. The molecule has 0 spiro atoms. The third-order valence-electron chi connectivity index (χ3n) is 5.16. The molecular weight excluding hydrogens is 506 g/mol. The maximum atomic E-state index is 13.1. The number of sulfone groups is 1. The van der Waals surface area contributed by atoms with Gasteiger partial charge in [0, 0.05) is 17.8 Å². The Hall–Kier alpha value is -3.61. The van der Waals surface area contributed by atoms with Gasteiger partial charge in [0.2, 0.25) is 5.16 Å². The van der Waals surface area contributed by atoms with Gasteiger partial charge >= 0.3 is 0 Å². The van der Waals surface area contributed by atoms with Gasteiger partial charge in [0.05, 0.1) is 20.0 Å². The van der Waals surface area contributed by atoms with Crippen LogP contribution in [-0.2, 0) is 15.6 Å². The summed E-state index contributed by atoms with van der Waals surface area (Å²) in [6.07, 6.45) is 0. The van der Waals surface area contributed by atoms with E-state index in [0.29, 0.717) is 25.4 Å². The molecule has 2 heterocycles. The van der Waals surface area contributed by atoms with Crippen molar-refractivity contribution in [3.8, 4) is 5.69 Å². The summed E-state index contributed by atoms with van der Waals surface area (Å²) in [4.78, 5) is 15.4. The van der Waals surface area contributed by atoms with E-state index in [-0.39, 0.29) is 22.2 Å². The highest BCUT2D eigenvalue weighted by Gasteiger charge is 2.23. The number of hydrogen-bond donors (Lipinski definition) is 0. The van der Waals surface area contributed by atoms with Crippen LogP contribution in [0.1, 0.15) is 11.4 Å². The summed E-state index contributed by atoms with van der Waals surface area (Å²) in [7, 11) is -3.66. The molecule has 0 saturated carbocycles. The monoisotopic (exact) mass is 523 g/mol. The van der Waals surface area contributed by atoms with E-state index in [2.05, 4.69) is 15.2 Å². The Morgan fingerprint density at radius 3 is 2.49 bits per heavy atom. The summed E-state index contributed by atoms with van der Waals surface area (Å²) in [6.45, 7) is 1.90. The summed E-state index contributed by atoms with van der Waals surface area (Å²) in [6, 6.07) is 20.4. The summed E-state index contributed by atoms with van der Waals surface area (Å²) in [5.74, 6) is -0.0547. The number of rotatable bonds is 7. The van der Waals surface area contributed by atoms with Crippen molar-refractivity contribution in [3.63, 3.8) is 0 Å². The van der Waals surface area contributed by atoms with Crippen LogP contribution in [0, 0.1) is 17.0 Å². The first-order chi connectivity index (χ1) is 16.8. The molecule has 5 rings (SSSR count). The van der Waals surface area contributed by atoms with Crippen molar-refractivity contribution in [2.45, 2.75) is 27.1 Å². The van der Waals surface area contributed by atoms with Gasteiger partial charge in [-0.1, -0.05) is 35.9 Å². The molecule has 0 amide bonds. The first kappa shape index (κ1) is 23.1. The van der Waals surface area contributed by atoms with Crippen LogP contribution in [-0.4, -0.2) is 33.1 Å². The van der Waals surface area contributed by atoms with Crippen molar-refractivity contribution < 1.29 is 13.3 Å². The molecule has 0 unspecified atom stereocenters. The second kappa shape index (κ2) is 9.21. The molecule has 0 saturated heterocycles. The lowest BCUT2D eigenvalue weighted by atomic mass is 10.2. The number of benzene rings is 3. The van der Waals surface area contributed by atoms with Crippen LogP contribution >= 0.6 is 23.1 Å². The van der Waals surface area contributed by atoms with Crippen LogP contribution in [0.15, 0.2) is 87.2 Å². The van der Waals surface area contributed by atoms with Crippen molar-refractivity contribution in [2.75, 3.05) is 0 Å². The number of nitro benzene ring substituents is 1. The first-order valence-corrected chi connectivity index (χ1v) is 13.6. The van der Waals surface area contributed by atoms with E-state index >= 15 is 0 Å². The van der Waals surface area contributed by atoms with Crippen molar-refractivity contribution in [3.05, 3.63) is 94.3 Å². The minimum atomic E-state index is -3.66. The van der Waals surface area contributed by atoms with Gasteiger partial charge in [0.1, 0.15) is 5.75 Å². The van der Waals surface area contributed by atoms with Crippen molar-refractivity contribution >= 4 is 48.8 Å². The fourth-order valence-corrected chi connectivity index (χ4v) is 6.74. The number of para-hydroxylation sites is 1. The van der Waals surface area contributed by atoms with E-state index in [1.807, 2.05) is 37.3 Å². The number of fused-ring (bicyclic) bond motifs is 1. The number of non-ortho nitro benzene ring substituents is 1. The largest absolute Gasteiger partial charge is 0.273 e. The molecular formula is C23H17N5O4S3. The number of aryl methyl sites for hydroxylation is 1. The molecule has 0 fully saturated rings. The molecule has 0 N–H and O–H groups in total. The van der Waals surface area contributed by atoms with Gasteiger partial charge in [-0.05, 0) is 49.0 Å². The molecule has 3 aromatic carbocycles. The molecule has 12 heteroatoms. The van der Waals surface area contributed by atoms with Crippen LogP contribution in [0.2, 0.25) is 0 Å². The van der Waals surface area contributed by atoms with Gasteiger partial charge in [0.15, 0.2) is 20.0 Å². The summed E-state index contributed by atoms with van der Waals surface area (Å²) in [5, 5.41) is 20.0. The topological polar surface area (TPSA) is 121 Å². The summed E-state index contributed by atoms with van der Waals surface area (Å²) in [5.41, 5.74) is 2.31. The molecule has 35 heavy (non-hydrogen) atoms. The van der Waals surface area contributed by atoms with Crippen LogP contribution < -0.4 is 0 Å². The number of nitro groups is 1. The Bertz CT molecular complexity index is 1650. The highest BCUT2D eigenvalue weighted by atomic mass is 32.2. The van der Waals surface area contributed by atoms with E-state index in [9.17, 15) is 18.5 Å². The Morgan fingerprint density at radius 1 is 1.03 bits per heavy atom. The maximum Gasteiger partial charge on any atom is 0.270 e. The predicted molar refractivity (Wildman–Crippen MR) is 134 cm³/mol. The van der Waals surface area contributed by atoms with Crippen molar-refractivity contribution in [2.24, 2.45) is 0 Å². The Kier molecular flexibility index (Phi) is 6.09. The molecule has 5 aromatic rings. The Labute approximate surface area is 208 Å². The molecule has 0 aliphatic carbocycles. The van der Waals surface area contributed by atoms with E-state index < -0.39 is 14.8 Å². The third-order valence-corrected chi connectivity index (χ3v) is 8.81. The van der Waals surface area contributed by atoms with E-state index in [1.54, 1.807) is 34.9 Å². The van der Waals surface area contributed by atoms with Gasteiger partial charge in [-0.2, -0.15) is 0 Å². The summed E-state index contributed by atoms with van der Waals surface area (Å²) >= 11 is 2.52. The Balaban J connectivity index is 1.53. The summed E-state index contributed by atoms with van der Waals surface area (Å²) < 4.78 is 29.2. The highest BCUT2D eigenvalue weighted by molar-refractivity contribution is 8.01. The van der Waals surface area contributed by atoms with Gasteiger partial charge < -0.3 is 0 Å². The van der Waals surface area contributed by atoms with Crippen LogP contribution in [0.3, 0.4) is 0 Å². The van der Waals surface area contributed by atoms with Gasteiger partial charge in [0.25, 0.3) is 5.69 Å². The highest BCUT2D eigenvalue weighted by Crippen LogP contribution is 2.36. The molecule has 0 atom stereocenters. The van der Waals surface area contributed by atoms with Crippen LogP contribution in [0.5, 0.6) is 0 Å². The average Bonchev–Trinajstić information content (AvgIpc) is 3.42. The van der Waals surface area contributed by atoms with Gasteiger partial charge in [-0.3, -0.25) is 14.7 Å². The molecule has 0 aliphatic rings. The lowest BCUT2D eigenvalue weighted by Crippen LogP contribution is -2.11. The third kappa shape index (κ3) is 4.81. The molecule has 9 nitrogen and oxygen atoms in total. The molecule has 176 valence electrons. The zero-order chi connectivity index (χ0) is 24.6. The number of aromatic nitrogens is 4. The van der Waals surface area contributed by atoms with Crippen LogP contribution in [0.4, 0.5) is 5.69 Å². The smallest absolute Gasteiger partial charge is 0.270 e. The molecule has 0 radical (unpaired) electrons. The van der Waals surface area contributed by atoms with Gasteiger partial charge in [-0.15, -0.1) is 21.5 Å². The minimum absolute atomic E-state index is 0.00579. The number of hydrogen-bond acceptors (Lipinski definition) is 9. The fraction of sp³-hybridized carbons (Fsp3) is 0.0870. The number of nitrogens with zero attached hydrogens (tertiary/aromatic N) is 5. The minimum Gasteiger partial charge on any atom is -0.273 e. The normalized spacial score (nSPS) is 11.7. The SMILES string of the molecule is Cc1ccc(S(=O)(=O)Cc2nnc(Sc3nc4ccc([N+](=O)[O-])cc4s3)n2-c2ccccc2)cc1. The standard InChI is InChI=1S/C23H17N5O4S3/c1-15-7-10-18(11-8-15)35(31,32)14-21-25-26-22(27(21)16-5-3-2-4-6-16)34-23-24-19-12-9-17(28(29)30)13-20(19)33-23/h2-13H,14H2,1H3. The number of thiazole rings is 1. The predicted octanol–water partition coefficient (Wildman–Crippen LogP) is 5.22. The van der Waals surface area contributed by atoms with Crippen molar-refractivity contribution in [1.82, 2.24) is 19.7 Å². The second-order valence-corrected chi connectivity index (χ2v) is 11.9.